The third-order valence-corrected chi connectivity index (χ3v) is 10.7. The molecule has 0 saturated carbocycles. The summed E-state index contributed by atoms with van der Waals surface area (Å²) in [6, 6.07) is 70.9. The van der Waals surface area contributed by atoms with Gasteiger partial charge >= 0.3 is 32.8 Å². The molecule has 280 valence electrons. The Bertz CT molecular complexity index is 3250. The van der Waals surface area contributed by atoms with E-state index in [1.165, 1.54) is 12.1 Å². The molecule has 5 nitrogen and oxygen atoms in total. The maximum Gasteiger partial charge on any atom is 2.00 e. The van der Waals surface area contributed by atoms with Gasteiger partial charge in [0.2, 0.25) is 5.69 Å². The minimum absolute atomic E-state index is 0. The number of aromatic nitrogens is 2. The molecule has 11 rings (SSSR count). The van der Waals surface area contributed by atoms with Crippen LogP contribution >= 0.6 is 0 Å². The number of hydrogen-bond donors (Lipinski definition) is 0. The number of para-hydroxylation sites is 2. The van der Waals surface area contributed by atoms with E-state index in [0.717, 1.165) is 77.7 Å². The van der Waals surface area contributed by atoms with Crippen LogP contribution in [0.5, 0.6) is 11.5 Å². The average Bonchev–Trinajstić information content (AvgIpc) is 3.83. The first-order valence-corrected chi connectivity index (χ1v) is 19.1. The minimum Gasteiger partial charge on any atom is -0.509 e. The van der Waals surface area contributed by atoms with E-state index in [1.54, 1.807) is 6.20 Å². The molecule has 0 atom stereocenters. The maximum atomic E-state index is 15.9. The van der Waals surface area contributed by atoms with Crippen molar-refractivity contribution in [2.24, 2.45) is 0 Å². The summed E-state index contributed by atoms with van der Waals surface area (Å²) in [6.07, 6.45) is 1.77. The molecule has 10 aromatic rings. The number of nitrogens with zero attached hydrogens (tertiary/aromatic N) is 4. The fourth-order valence-corrected chi connectivity index (χ4v) is 8.14. The molecule has 0 spiro atoms. The van der Waals surface area contributed by atoms with Crippen LogP contribution in [0.25, 0.3) is 60.6 Å². The summed E-state index contributed by atoms with van der Waals surface area (Å²) in [5, 5.41) is 4.20. The number of ether oxygens (including phenoxy) is 1. The molecule has 7 heteroatoms. The molecule has 0 N–H and O–H groups in total. The van der Waals surface area contributed by atoms with Crippen molar-refractivity contribution in [2.75, 3.05) is 0 Å². The normalized spacial score (nSPS) is 11.9. The van der Waals surface area contributed by atoms with Crippen molar-refractivity contribution < 1.29 is 30.2 Å². The first-order chi connectivity index (χ1) is 28.7. The first kappa shape index (κ1) is 36.1. The van der Waals surface area contributed by atoms with Crippen molar-refractivity contribution in [3.05, 3.63) is 206 Å². The van der Waals surface area contributed by atoms with E-state index in [0.29, 0.717) is 11.4 Å². The van der Waals surface area contributed by atoms with Gasteiger partial charge in [-0.2, -0.15) is 6.07 Å². The zero-order chi connectivity index (χ0) is 38.6. The van der Waals surface area contributed by atoms with E-state index in [9.17, 15) is 0 Å². The molecule has 0 amide bonds. The monoisotopic (exact) mass is 941 g/mol. The van der Waals surface area contributed by atoms with Crippen molar-refractivity contribution >= 4 is 61.3 Å². The zero-order valence-corrected chi connectivity index (χ0v) is 33.6. The van der Waals surface area contributed by atoms with E-state index in [4.69, 9.17) is 4.74 Å². The second-order valence-corrected chi connectivity index (χ2v) is 14.1. The van der Waals surface area contributed by atoms with Gasteiger partial charge in [0.15, 0.2) is 0 Å². The summed E-state index contributed by atoms with van der Waals surface area (Å²) in [5.41, 5.74) is 9.19. The predicted molar refractivity (Wildman–Crippen MR) is 232 cm³/mol. The van der Waals surface area contributed by atoms with Crippen LogP contribution in [-0.2, 0) is 21.1 Å². The number of fused-ring (bicyclic) bond motifs is 6. The fraction of sp³-hybridized carbons (Fsp3) is 0. The second-order valence-electron chi connectivity index (χ2n) is 14.1. The maximum absolute atomic E-state index is 15.9. The molecular formula is C52H31FN4OPt+2. The molecule has 0 bridgehead atoms. The van der Waals surface area contributed by atoms with Crippen molar-refractivity contribution in [3.63, 3.8) is 0 Å². The SMILES string of the molecule is Fc1cc(Oc2[c-]c3c(cc2)c2ccccc2n3-c2ccccn2)[c-]c([N+]2=C=[N+](c3c(-c4ccccc4)cccc3-c3ccccc3)c3c2ccc2ccccc32)c1.[Pt+2]. The van der Waals surface area contributed by atoms with E-state index >= 15 is 4.39 Å². The van der Waals surface area contributed by atoms with Gasteiger partial charge in [0.05, 0.1) is 16.5 Å². The zero-order valence-electron chi connectivity index (χ0n) is 31.3. The Morgan fingerprint density at radius 1 is 0.559 bits per heavy atom. The number of benzene rings is 8. The third-order valence-electron chi connectivity index (χ3n) is 10.7. The Balaban J connectivity index is 0.00000420. The summed E-state index contributed by atoms with van der Waals surface area (Å²) in [7, 11) is 0. The molecule has 0 fully saturated rings. The van der Waals surface area contributed by atoms with Gasteiger partial charge in [-0.25, -0.2) is 9.37 Å². The summed E-state index contributed by atoms with van der Waals surface area (Å²) in [5.74, 6) is 0.932. The van der Waals surface area contributed by atoms with Crippen LogP contribution in [0.15, 0.2) is 188 Å². The predicted octanol–water partition coefficient (Wildman–Crippen LogP) is 13.1. The summed E-state index contributed by atoms with van der Waals surface area (Å²) in [4.78, 5) is 4.64. The van der Waals surface area contributed by atoms with Gasteiger partial charge in [0, 0.05) is 35.1 Å². The van der Waals surface area contributed by atoms with Crippen molar-refractivity contribution in [1.29, 1.82) is 0 Å². The average molecular weight is 942 g/mol. The van der Waals surface area contributed by atoms with Crippen LogP contribution in [0.1, 0.15) is 0 Å². The Labute approximate surface area is 354 Å². The van der Waals surface area contributed by atoms with Gasteiger partial charge in [-0.05, 0) is 68.9 Å². The Kier molecular flexibility index (Phi) is 9.14. The Hall–Kier alpha value is -7.23. The smallest absolute Gasteiger partial charge is 0.509 e. The molecule has 0 saturated heterocycles. The van der Waals surface area contributed by atoms with Gasteiger partial charge in [-0.15, -0.1) is 17.5 Å². The van der Waals surface area contributed by atoms with Gasteiger partial charge < -0.3 is 9.30 Å². The molecule has 0 aliphatic carbocycles. The first-order valence-electron chi connectivity index (χ1n) is 19.1. The van der Waals surface area contributed by atoms with E-state index in [1.807, 2.05) is 71.3 Å². The number of pyridine rings is 1. The summed E-state index contributed by atoms with van der Waals surface area (Å²) in [6.45, 7) is 0. The minimum atomic E-state index is -0.468. The Morgan fingerprint density at radius 2 is 1.25 bits per heavy atom. The van der Waals surface area contributed by atoms with Gasteiger partial charge in [0.25, 0.3) is 5.69 Å². The number of hydrogen-bond acceptors (Lipinski definition) is 2. The molecule has 0 radical (unpaired) electrons. The summed E-state index contributed by atoms with van der Waals surface area (Å²) < 4.78 is 28.4. The third kappa shape index (κ3) is 6.27. The van der Waals surface area contributed by atoms with Crippen LogP contribution in [-0.4, -0.2) is 15.6 Å². The second kappa shape index (κ2) is 14.9. The van der Waals surface area contributed by atoms with Gasteiger partial charge in [0.1, 0.15) is 11.5 Å². The number of halogens is 1. The summed E-state index contributed by atoms with van der Waals surface area (Å²) >= 11 is 0. The molecule has 1 aliphatic rings. The topological polar surface area (TPSA) is 33.1 Å². The van der Waals surface area contributed by atoms with Crippen molar-refractivity contribution in [2.45, 2.75) is 0 Å². The van der Waals surface area contributed by atoms with Crippen LogP contribution in [0.3, 0.4) is 0 Å². The molecule has 59 heavy (non-hydrogen) atoms. The standard InChI is InChI=1S/C52H31FN4O.Pt/c53-38-30-39(32-41(31-38)58-40-26-27-46-45-20-9-10-23-47(45)57(49(46)33-40)50-24-11-12-29-54-50)55-34-56(52-44-19-8-7-18-37(44)25-28-48(52)55)51-42(35-14-3-1-4-15-35)21-13-22-43(51)36-16-5-2-6-17-36;/h1-31H;/q;+2. The van der Waals surface area contributed by atoms with Crippen LogP contribution in [0.4, 0.5) is 27.1 Å². The molecule has 1 aliphatic heterocycles. The molecule has 8 aromatic carbocycles. The molecule has 0 unspecified atom stereocenters. The van der Waals surface area contributed by atoms with E-state index in [2.05, 4.69) is 135 Å². The largest absolute Gasteiger partial charge is 2.00 e. The molecule has 2 aromatic heterocycles. The van der Waals surface area contributed by atoms with E-state index in [-0.39, 0.29) is 26.8 Å². The van der Waals surface area contributed by atoms with Crippen molar-refractivity contribution in [3.8, 4) is 39.6 Å². The Morgan fingerprint density at radius 3 is 2.00 bits per heavy atom. The van der Waals surface area contributed by atoms with Gasteiger partial charge in [-0.1, -0.05) is 137 Å². The number of rotatable bonds is 7. The molecular weight excluding hydrogens is 911 g/mol. The van der Waals surface area contributed by atoms with Crippen LogP contribution in [0.2, 0.25) is 0 Å². The van der Waals surface area contributed by atoms with E-state index < -0.39 is 5.82 Å². The quantitative estimate of drug-likeness (QED) is 0.118. The van der Waals surface area contributed by atoms with Gasteiger partial charge in [-0.3, -0.25) is 0 Å². The van der Waals surface area contributed by atoms with Crippen LogP contribution in [0, 0.1) is 17.9 Å². The fourth-order valence-electron chi connectivity index (χ4n) is 8.14. The molecule has 3 heterocycles. The van der Waals surface area contributed by atoms with Crippen LogP contribution < -0.4 is 13.9 Å². The van der Waals surface area contributed by atoms with Crippen molar-refractivity contribution in [1.82, 2.24) is 18.7 Å².